The van der Waals surface area contributed by atoms with Crippen LogP contribution >= 0.6 is 0 Å². The number of carbonyl (C=O) groups is 1. The average molecular weight is 348 g/mol. The summed E-state index contributed by atoms with van der Waals surface area (Å²) < 4.78 is 0. The second-order valence-corrected chi connectivity index (χ2v) is 8.00. The van der Waals surface area contributed by atoms with Crippen LogP contribution in [0.4, 0.5) is 0 Å². The van der Waals surface area contributed by atoms with Crippen molar-refractivity contribution in [2.75, 3.05) is 6.54 Å². The van der Waals surface area contributed by atoms with Crippen molar-refractivity contribution >= 4 is 12.0 Å². The minimum absolute atomic E-state index is 0.133. The first-order chi connectivity index (χ1) is 12.3. The first kappa shape index (κ1) is 18.4. The molecule has 3 nitrogen and oxygen atoms in total. The monoisotopic (exact) mass is 348 g/mol. The average Bonchev–Trinajstić information content (AvgIpc) is 2.67. The van der Waals surface area contributed by atoms with Crippen LogP contribution in [0.25, 0.3) is 6.08 Å². The Balaban J connectivity index is 2.15. The van der Waals surface area contributed by atoms with Crippen LogP contribution in [-0.2, 0) is 15.6 Å². The van der Waals surface area contributed by atoms with E-state index in [1.807, 2.05) is 25.1 Å². The molecule has 136 valence electrons. The first-order valence-corrected chi connectivity index (χ1v) is 9.33. The number of nitrogens with two attached hydrogens (primary N) is 1. The molecule has 26 heavy (non-hydrogen) atoms. The highest BCUT2D eigenvalue weighted by Gasteiger charge is 2.40. The van der Waals surface area contributed by atoms with E-state index in [1.165, 1.54) is 5.56 Å². The molecule has 1 heterocycles. The zero-order chi connectivity index (χ0) is 18.9. The second kappa shape index (κ2) is 6.71. The summed E-state index contributed by atoms with van der Waals surface area (Å²) in [5.41, 5.74) is 7.76. The summed E-state index contributed by atoms with van der Waals surface area (Å²) in [4.78, 5) is 16.9. The number of hydrogen-bond donors (Lipinski definition) is 1. The van der Waals surface area contributed by atoms with Crippen molar-refractivity contribution in [2.24, 2.45) is 16.6 Å². The number of carbonyl (C=O) groups excluding carboxylic acids is 1. The molecule has 0 aromatic heterocycles. The van der Waals surface area contributed by atoms with Gasteiger partial charge in [-0.1, -0.05) is 76.2 Å². The van der Waals surface area contributed by atoms with Crippen LogP contribution in [0.3, 0.4) is 0 Å². The van der Waals surface area contributed by atoms with Crippen LogP contribution in [0, 0.1) is 5.92 Å². The predicted molar refractivity (Wildman–Crippen MR) is 106 cm³/mol. The third kappa shape index (κ3) is 3.07. The number of primary amides is 1. The number of benzene rings is 2. The summed E-state index contributed by atoms with van der Waals surface area (Å²) in [6, 6.07) is 16.7. The third-order valence-corrected chi connectivity index (χ3v) is 6.15. The molecule has 1 aliphatic rings. The predicted octanol–water partition coefficient (Wildman–Crippen LogP) is 2.85. The summed E-state index contributed by atoms with van der Waals surface area (Å²) in [7, 11) is 0. The Labute approximate surface area is 155 Å². The van der Waals surface area contributed by atoms with Gasteiger partial charge in [0.15, 0.2) is 0 Å². The van der Waals surface area contributed by atoms with Gasteiger partial charge in [0.2, 0.25) is 5.91 Å². The largest absolute Gasteiger partial charge is 0.369 e. The summed E-state index contributed by atoms with van der Waals surface area (Å²) in [5.74, 6) is -0.640. The van der Waals surface area contributed by atoms with E-state index in [-0.39, 0.29) is 17.2 Å². The minimum atomic E-state index is -0.505. The summed E-state index contributed by atoms with van der Waals surface area (Å²) in [5, 5.41) is 2.04. The number of para-hydroxylation sites is 1. The number of nitrogens with zero attached hydrogens (tertiary/aromatic N) is 1. The lowest BCUT2D eigenvalue weighted by Crippen LogP contribution is -2.47. The molecule has 0 saturated carbocycles. The molecule has 2 atom stereocenters. The van der Waals surface area contributed by atoms with Gasteiger partial charge in [0.25, 0.3) is 0 Å². The molecule has 0 fully saturated rings. The summed E-state index contributed by atoms with van der Waals surface area (Å²) in [6.07, 6.45) is 3.26. The van der Waals surface area contributed by atoms with E-state index in [0.717, 1.165) is 22.6 Å². The highest BCUT2D eigenvalue weighted by Crippen LogP contribution is 2.37. The summed E-state index contributed by atoms with van der Waals surface area (Å²) in [6.45, 7) is 9.15. The van der Waals surface area contributed by atoms with E-state index >= 15 is 0 Å². The van der Waals surface area contributed by atoms with E-state index in [4.69, 9.17) is 10.7 Å². The van der Waals surface area contributed by atoms with Crippen molar-refractivity contribution in [1.82, 2.24) is 0 Å². The van der Waals surface area contributed by atoms with Gasteiger partial charge >= 0.3 is 0 Å². The highest BCUT2D eigenvalue weighted by molar-refractivity contribution is 5.80. The van der Waals surface area contributed by atoms with Gasteiger partial charge in [-0.3, -0.25) is 9.79 Å². The molecule has 0 spiro atoms. The summed E-state index contributed by atoms with van der Waals surface area (Å²) >= 11 is 0. The van der Waals surface area contributed by atoms with Crippen molar-refractivity contribution in [3.63, 3.8) is 0 Å². The van der Waals surface area contributed by atoms with Gasteiger partial charge in [0.05, 0.1) is 11.9 Å². The van der Waals surface area contributed by atoms with E-state index < -0.39 is 5.41 Å². The number of amides is 1. The van der Waals surface area contributed by atoms with Crippen LogP contribution in [0.2, 0.25) is 0 Å². The maximum absolute atomic E-state index is 12.1. The zero-order valence-corrected chi connectivity index (χ0v) is 16.1. The van der Waals surface area contributed by atoms with Crippen LogP contribution in [0.1, 0.15) is 45.2 Å². The molecule has 2 unspecified atom stereocenters. The molecule has 0 aliphatic carbocycles. The van der Waals surface area contributed by atoms with E-state index in [1.54, 1.807) is 0 Å². The highest BCUT2D eigenvalue weighted by atomic mass is 16.1. The Morgan fingerprint density at radius 2 is 1.85 bits per heavy atom. The first-order valence-electron chi connectivity index (χ1n) is 9.33. The van der Waals surface area contributed by atoms with Gasteiger partial charge in [-0.2, -0.15) is 0 Å². The number of rotatable bonds is 5. The molecule has 1 aliphatic heterocycles. The van der Waals surface area contributed by atoms with E-state index in [9.17, 15) is 4.79 Å². The fraction of sp³-hybridized carbons (Fsp3) is 0.391. The third-order valence-electron chi connectivity index (χ3n) is 6.15. The van der Waals surface area contributed by atoms with Gasteiger partial charge < -0.3 is 5.73 Å². The molecular weight excluding hydrogens is 320 g/mol. The minimum Gasteiger partial charge on any atom is -0.369 e. The van der Waals surface area contributed by atoms with Gasteiger partial charge in [0.1, 0.15) is 0 Å². The molecule has 0 bridgehead atoms. The molecule has 0 radical (unpaired) electrons. The number of hydrogen-bond acceptors (Lipinski definition) is 2. The molecule has 3 heteroatoms. The standard InChI is InChI=1S/C23H28N2O/c1-5-22(3,4)18-10-12-19(13-11-18)23(16(2)21(24)26)14-17-8-6-7-9-20(17)25-15-23/h6-14,16H,5,15H2,1-4H3,(H2,24,26). The molecule has 3 rings (SSSR count). The van der Waals surface area contributed by atoms with Gasteiger partial charge in [-0.15, -0.1) is 0 Å². The lowest BCUT2D eigenvalue weighted by molar-refractivity contribution is -0.122. The fourth-order valence-electron chi connectivity index (χ4n) is 3.67. The van der Waals surface area contributed by atoms with Gasteiger partial charge in [0, 0.05) is 11.3 Å². The SMILES string of the molecule is CCC(C)(C)c1ccc(C2(C(C)C(N)=O)C=c3ccccc3=NC2)cc1. The van der Waals surface area contributed by atoms with Crippen LogP contribution in [0.5, 0.6) is 0 Å². The van der Waals surface area contributed by atoms with Crippen molar-refractivity contribution in [3.8, 4) is 0 Å². The normalized spacial score (nSPS) is 20.5. The molecule has 1 amide bonds. The van der Waals surface area contributed by atoms with Gasteiger partial charge in [-0.05, 0) is 34.2 Å². The Morgan fingerprint density at radius 3 is 2.46 bits per heavy atom. The van der Waals surface area contributed by atoms with Crippen LogP contribution < -0.4 is 16.3 Å². The molecule has 2 N–H and O–H groups in total. The smallest absolute Gasteiger partial charge is 0.221 e. The quantitative estimate of drug-likeness (QED) is 0.887. The van der Waals surface area contributed by atoms with Crippen molar-refractivity contribution in [1.29, 1.82) is 0 Å². The Bertz CT molecular complexity index is 927. The molecule has 2 aromatic rings. The topological polar surface area (TPSA) is 55.5 Å². The molecular formula is C23H28N2O. The van der Waals surface area contributed by atoms with E-state index in [0.29, 0.717) is 6.54 Å². The Morgan fingerprint density at radius 1 is 1.19 bits per heavy atom. The lowest BCUT2D eigenvalue weighted by atomic mass is 9.68. The van der Waals surface area contributed by atoms with Crippen molar-refractivity contribution < 1.29 is 4.79 Å². The maximum Gasteiger partial charge on any atom is 0.221 e. The number of fused-ring (bicyclic) bond motifs is 1. The van der Waals surface area contributed by atoms with Crippen LogP contribution in [-0.4, -0.2) is 12.5 Å². The maximum atomic E-state index is 12.1. The fourth-order valence-corrected chi connectivity index (χ4v) is 3.67. The van der Waals surface area contributed by atoms with Crippen LogP contribution in [0.15, 0.2) is 53.5 Å². The molecule has 2 aromatic carbocycles. The molecule has 0 saturated heterocycles. The Kier molecular flexibility index (Phi) is 4.74. The van der Waals surface area contributed by atoms with E-state index in [2.05, 4.69) is 57.2 Å². The van der Waals surface area contributed by atoms with Crippen molar-refractivity contribution in [2.45, 2.75) is 44.9 Å². The second-order valence-electron chi connectivity index (χ2n) is 8.00. The lowest BCUT2D eigenvalue weighted by Gasteiger charge is -2.36. The van der Waals surface area contributed by atoms with Gasteiger partial charge in [-0.25, -0.2) is 0 Å². The zero-order valence-electron chi connectivity index (χ0n) is 16.1. The van der Waals surface area contributed by atoms with Crippen molar-refractivity contribution in [3.05, 3.63) is 70.2 Å². The Hall–Kier alpha value is -2.42.